The summed E-state index contributed by atoms with van der Waals surface area (Å²) in [7, 11) is 0. The zero-order valence-electron chi connectivity index (χ0n) is 10.9. The Bertz CT molecular complexity index is 652. The van der Waals surface area contributed by atoms with E-state index in [1.165, 1.54) is 24.8 Å². The van der Waals surface area contributed by atoms with Crippen LogP contribution in [-0.2, 0) is 12.8 Å². The molecule has 1 aliphatic rings. The molecule has 0 N–H and O–H groups in total. The van der Waals surface area contributed by atoms with Crippen LogP contribution in [0.5, 0.6) is 0 Å². The highest BCUT2D eigenvalue weighted by atomic mass is 16.3. The molecule has 0 atom stereocenters. The molecule has 2 aromatic heterocycles. The molecule has 4 nitrogen and oxygen atoms in total. The normalized spacial score (nSPS) is 14.5. The molecule has 0 unspecified atom stereocenters. The lowest BCUT2D eigenvalue weighted by Crippen LogP contribution is -2.00. The van der Waals surface area contributed by atoms with Gasteiger partial charge in [-0.15, -0.1) is 0 Å². The second kappa shape index (κ2) is 4.85. The highest BCUT2D eigenvalue weighted by Gasteiger charge is 2.17. The first kappa shape index (κ1) is 11.9. The zero-order chi connectivity index (χ0) is 13.2. The zero-order valence-corrected chi connectivity index (χ0v) is 10.9. The number of oxazole rings is 1. The average molecular weight is 253 g/mol. The Kier molecular flexibility index (Phi) is 3.04. The van der Waals surface area contributed by atoms with Crippen LogP contribution in [0.1, 0.15) is 42.0 Å². The van der Waals surface area contributed by atoms with E-state index in [0.29, 0.717) is 22.8 Å². The minimum absolute atomic E-state index is 0.592. The van der Waals surface area contributed by atoms with Crippen molar-refractivity contribution in [3.05, 3.63) is 35.0 Å². The van der Waals surface area contributed by atoms with Crippen molar-refractivity contribution in [3.8, 4) is 17.5 Å². The number of pyridine rings is 1. The number of aryl methyl sites for hydroxylation is 3. The van der Waals surface area contributed by atoms with Crippen LogP contribution >= 0.6 is 0 Å². The number of rotatable bonds is 1. The van der Waals surface area contributed by atoms with E-state index in [1.54, 1.807) is 13.2 Å². The van der Waals surface area contributed by atoms with E-state index in [9.17, 15) is 5.26 Å². The molecule has 1 aliphatic carbocycles. The Morgan fingerprint density at radius 1 is 1.21 bits per heavy atom. The van der Waals surface area contributed by atoms with E-state index in [4.69, 9.17) is 4.42 Å². The van der Waals surface area contributed by atoms with Gasteiger partial charge in [0.15, 0.2) is 5.89 Å². The first-order valence-electron chi connectivity index (χ1n) is 6.63. The Labute approximate surface area is 112 Å². The Morgan fingerprint density at radius 2 is 2.05 bits per heavy atom. The van der Waals surface area contributed by atoms with Crippen molar-refractivity contribution in [2.45, 2.75) is 39.0 Å². The number of nitrogens with zero attached hydrogens (tertiary/aromatic N) is 3. The molecule has 0 saturated heterocycles. The van der Waals surface area contributed by atoms with E-state index in [2.05, 4.69) is 16.0 Å². The summed E-state index contributed by atoms with van der Waals surface area (Å²) in [6.45, 7) is 1.79. The summed E-state index contributed by atoms with van der Waals surface area (Å²) in [5.41, 5.74) is 4.24. The second-order valence-electron chi connectivity index (χ2n) is 4.91. The highest BCUT2D eigenvalue weighted by molar-refractivity contribution is 5.63. The van der Waals surface area contributed by atoms with Gasteiger partial charge in [0.25, 0.3) is 0 Å². The SMILES string of the molecule is Cc1nc(-c2nc3c(cc2C#N)CCCCC3)co1. The highest BCUT2D eigenvalue weighted by Crippen LogP contribution is 2.26. The smallest absolute Gasteiger partial charge is 0.191 e. The van der Waals surface area contributed by atoms with Gasteiger partial charge in [-0.2, -0.15) is 5.26 Å². The Hall–Kier alpha value is -2.15. The monoisotopic (exact) mass is 253 g/mol. The fraction of sp³-hybridized carbons (Fsp3) is 0.400. The van der Waals surface area contributed by atoms with Crippen molar-refractivity contribution in [3.63, 3.8) is 0 Å². The molecule has 0 saturated carbocycles. The van der Waals surface area contributed by atoms with Crippen molar-refractivity contribution in [2.75, 3.05) is 0 Å². The molecule has 0 amide bonds. The summed E-state index contributed by atoms with van der Waals surface area (Å²) in [5, 5.41) is 9.31. The fourth-order valence-electron chi connectivity index (χ4n) is 2.56. The van der Waals surface area contributed by atoms with E-state index >= 15 is 0 Å². The third kappa shape index (κ3) is 2.24. The van der Waals surface area contributed by atoms with E-state index < -0.39 is 0 Å². The van der Waals surface area contributed by atoms with Gasteiger partial charge < -0.3 is 4.42 Å². The molecule has 96 valence electrons. The van der Waals surface area contributed by atoms with Gasteiger partial charge in [-0.25, -0.2) is 9.97 Å². The third-order valence-corrected chi connectivity index (χ3v) is 3.53. The average Bonchev–Trinajstić information content (AvgIpc) is 2.72. The maximum atomic E-state index is 9.31. The maximum absolute atomic E-state index is 9.31. The molecule has 0 spiro atoms. The van der Waals surface area contributed by atoms with E-state index in [0.717, 1.165) is 18.5 Å². The first-order valence-corrected chi connectivity index (χ1v) is 6.63. The molecular formula is C15H15N3O. The summed E-state index contributed by atoms with van der Waals surface area (Å²) in [6, 6.07) is 4.21. The van der Waals surface area contributed by atoms with Gasteiger partial charge in [0, 0.05) is 12.6 Å². The molecule has 0 bridgehead atoms. The maximum Gasteiger partial charge on any atom is 0.191 e. The molecule has 19 heavy (non-hydrogen) atoms. The Balaban J connectivity index is 2.14. The van der Waals surface area contributed by atoms with Gasteiger partial charge in [0.2, 0.25) is 0 Å². The molecule has 0 aliphatic heterocycles. The molecular weight excluding hydrogens is 238 g/mol. The summed E-state index contributed by atoms with van der Waals surface area (Å²) in [4.78, 5) is 8.96. The Morgan fingerprint density at radius 3 is 2.79 bits per heavy atom. The number of fused-ring (bicyclic) bond motifs is 1. The van der Waals surface area contributed by atoms with Crippen molar-refractivity contribution in [1.29, 1.82) is 5.26 Å². The van der Waals surface area contributed by atoms with Gasteiger partial charge in [-0.05, 0) is 37.3 Å². The fourth-order valence-corrected chi connectivity index (χ4v) is 2.56. The van der Waals surface area contributed by atoms with E-state index in [-0.39, 0.29) is 0 Å². The van der Waals surface area contributed by atoms with Crippen molar-refractivity contribution >= 4 is 0 Å². The minimum Gasteiger partial charge on any atom is -0.449 e. The van der Waals surface area contributed by atoms with Crippen molar-refractivity contribution in [2.24, 2.45) is 0 Å². The quantitative estimate of drug-likeness (QED) is 0.732. The number of nitriles is 1. The summed E-state index contributed by atoms with van der Waals surface area (Å²) in [5.74, 6) is 0.593. The summed E-state index contributed by atoms with van der Waals surface area (Å²) < 4.78 is 5.23. The first-order chi connectivity index (χ1) is 9.28. The van der Waals surface area contributed by atoms with Crippen LogP contribution < -0.4 is 0 Å². The van der Waals surface area contributed by atoms with Crippen molar-refractivity contribution < 1.29 is 4.42 Å². The topological polar surface area (TPSA) is 62.7 Å². The number of aromatic nitrogens is 2. The van der Waals surface area contributed by atoms with Gasteiger partial charge >= 0.3 is 0 Å². The molecule has 0 radical (unpaired) electrons. The van der Waals surface area contributed by atoms with Crippen LogP contribution in [0.25, 0.3) is 11.4 Å². The second-order valence-corrected chi connectivity index (χ2v) is 4.91. The van der Waals surface area contributed by atoms with Gasteiger partial charge in [0.1, 0.15) is 23.7 Å². The lowest BCUT2D eigenvalue weighted by molar-refractivity contribution is 0.521. The van der Waals surface area contributed by atoms with Gasteiger partial charge in [-0.1, -0.05) is 6.42 Å². The standard InChI is InChI=1S/C15H15N3O/c1-10-17-14(9-19-10)15-12(8-16)7-11-5-3-2-4-6-13(11)18-15/h7,9H,2-6H2,1H3. The third-order valence-electron chi connectivity index (χ3n) is 3.53. The summed E-state index contributed by atoms with van der Waals surface area (Å²) in [6.07, 6.45) is 7.17. The molecule has 0 aromatic carbocycles. The number of hydrogen-bond acceptors (Lipinski definition) is 4. The largest absolute Gasteiger partial charge is 0.449 e. The van der Waals surface area contributed by atoms with Crippen molar-refractivity contribution in [1.82, 2.24) is 9.97 Å². The van der Waals surface area contributed by atoms with Crippen LogP contribution in [0.3, 0.4) is 0 Å². The van der Waals surface area contributed by atoms with Crippen LogP contribution in [-0.4, -0.2) is 9.97 Å². The molecule has 2 aromatic rings. The van der Waals surface area contributed by atoms with E-state index in [1.807, 2.05) is 6.07 Å². The lowest BCUT2D eigenvalue weighted by Gasteiger charge is -2.08. The molecule has 4 heteroatoms. The van der Waals surface area contributed by atoms with Crippen LogP contribution in [0.15, 0.2) is 16.7 Å². The molecule has 2 heterocycles. The van der Waals surface area contributed by atoms with Gasteiger partial charge in [-0.3, -0.25) is 0 Å². The summed E-state index contributed by atoms with van der Waals surface area (Å²) >= 11 is 0. The van der Waals surface area contributed by atoms with Crippen LogP contribution in [0, 0.1) is 18.3 Å². The van der Waals surface area contributed by atoms with Crippen LogP contribution in [0.2, 0.25) is 0 Å². The number of hydrogen-bond donors (Lipinski definition) is 0. The predicted molar refractivity (Wildman–Crippen MR) is 70.4 cm³/mol. The van der Waals surface area contributed by atoms with Gasteiger partial charge in [0.05, 0.1) is 5.56 Å². The molecule has 0 fully saturated rings. The van der Waals surface area contributed by atoms with Crippen LogP contribution in [0.4, 0.5) is 0 Å². The lowest BCUT2D eigenvalue weighted by atomic mass is 10.0. The predicted octanol–water partition coefficient (Wildman–Crippen LogP) is 3.19. The molecule has 3 rings (SSSR count). The minimum atomic E-state index is 0.592.